The van der Waals surface area contributed by atoms with Crippen molar-refractivity contribution in [3.05, 3.63) is 58.1 Å². The van der Waals surface area contributed by atoms with E-state index in [-0.39, 0.29) is 0 Å². The summed E-state index contributed by atoms with van der Waals surface area (Å²) < 4.78 is 21.4. The SMILES string of the molecule is CSC(=S)OC(c1ccc(Cl)c(Cl)c1)C1OC(n2ccc3c(C)ncnc32)CC1(C)OC(C)(C)O. The lowest BCUT2D eigenvalue weighted by Crippen LogP contribution is -2.48. The van der Waals surface area contributed by atoms with Gasteiger partial charge in [0.2, 0.25) is 4.38 Å². The van der Waals surface area contributed by atoms with Gasteiger partial charge < -0.3 is 23.9 Å². The molecule has 3 heterocycles. The third-order valence-corrected chi connectivity index (χ3v) is 7.69. The maximum Gasteiger partial charge on any atom is 0.220 e. The summed E-state index contributed by atoms with van der Waals surface area (Å²) in [5.74, 6) is -1.43. The van der Waals surface area contributed by atoms with Crippen molar-refractivity contribution in [1.29, 1.82) is 0 Å². The van der Waals surface area contributed by atoms with Crippen LogP contribution < -0.4 is 0 Å². The predicted molar refractivity (Wildman–Crippen MR) is 143 cm³/mol. The highest BCUT2D eigenvalue weighted by Crippen LogP contribution is 2.48. The van der Waals surface area contributed by atoms with Crippen LogP contribution in [-0.2, 0) is 14.2 Å². The molecular formula is C24H27Cl2N3O4S2. The molecule has 2 aromatic heterocycles. The number of aryl methyl sites for hydroxylation is 1. The van der Waals surface area contributed by atoms with Crippen LogP contribution in [0.25, 0.3) is 11.0 Å². The van der Waals surface area contributed by atoms with E-state index in [0.717, 1.165) is 22.3 Å². The lowest BCUT2D eigenvalue weighted by atomic mass is 9.89. The van der Waals surface area contributed by atoms with Crippen molar-refractivity contribution < 1.29 is 19.3 Å². The summed E-state index contributed by atoms with van der Waals surface area (Å²) in [5, 5.41) is 12.4. The molecule has 1 aliphatic rings. The molecule has 7 nitrogen and oxygen atoms in total. The number of fused-ring (bicyclic) bond motifs is 1. The van der Waals surface area contributed by atoms with Gasteiger partial charge in [-0.1, -0.05) is 41.0 Å². The second-order valence-electron chi connectivity index (χ2n) is 9.16. The van der Waals surface area contributed by atoms with Crippen molar-refractivity contribution in [1.82, 2.24) is 14.5 Å². The molecule has 35 heavy (non-hydrogen) atoms. The minimum Gasteiger partial charge on any atom is -0.467 e. The van der Waals surface area contributed by atoms with Crippen LogP contribution in [0.2, 0.25) is 10.0 Å². The number of benzene rings is 1. The molecule has 0 bridgehead atoms. The number of rotatable bonds is 6. The molecule has 1 aromatic carbocycles. The van der Waals surface area contributed by atoms with Gasteiger partial charge in [0.1, 0.15) is 29.9 Å². The van der Waals surface area contributed by atoms with Crippen molar-refractivity contribution in [2.75, 3.05) is 6.26 Å². The Kier molecular flexibility index (Phi) is 7.70. The van der Waals surface area contributed by atoms with Crippen LogP contribution in [0.4, 0.5) is 0 Å². The van der Waals surface area contributed by atoms with E-state index in [0.29, 0.717) is 20.8 Å². The van der Waals surface area contributed by atoms with E-state index in [2.05, 4.69) is 9.97 Å². The zero-order valence-electron chi connectivity index (χ0n) is 20.0. The van der Waals surface area contributed by atoms with E-state index < -0.39 is 29.8 Å². The monoisotopic (exact) mass is 555 g/mol. The first-order valence-corrected chi connectivity index (χ1v) is 13.4. The average molecular weight is 557 g/mol. The minimum absolute atomic E-state index is 0.341. The summed E-state index contributed by atoms with van der Waals surface area (Å²) in [6.07, 6.45) is 3.92. The molecule has 188 valence electrons. The maximum atomic E-state index is 10.6. The predicted octanol–water partition coefficient (Wildman–Crippen LogP) is 6.24. The molecule has 1 saturated heterocycles. The fraction of sp³-hybridized carbons (Fsp3) is 0.458. The van der Waals surface area contributed by atoms with Gasteiger partial charge in [-0.2, -0.15) is 0 Å². The third-order valence-electron chi connectivity index (χ3n) is 5.92. The lowest BCUT2D eigenvalue weighted by molar-refractivity contribution is -0.260. The second-order valence-corrected chi connectivity index (χ2v) is 11.4. The topological polar surface area (TPSA) is 78.6 Å². The Morgan fingerprint density at radius 2 is 2.06 bits per heavy atom. The van der Waals surface area contributed by atoms with Crippen LogP contribution in [0.5, 0.6) is 0 Å². The van der Waals surface area contributed by atoms with Crippen molar-refractivity contribution in [2.24, 2.45) is 0 Å². The van der Waals surface area contributed by atoms with Crippen LogP contribution in [-0.4, -0.2) is 47.8 Å². The van der Waals surface area contributed by atoms with Gasteiger partial charge in [-0.05, 0) is 69.9 Å². The van der Waals surface area contributed by atoms with Crippen molar-refractivity contribution >= 4 is 62.6 Å². The number of hydrogen-bond acceptors (Lipinski definition) is 8. The molecule has 11 heteroatoms. The first kappa shape index (κ1) is 26.6. The molecule has 4 atom stereocenters. The van der Waals surface area contributed by atoms with Gasteiger partial charge in [0.25, 0.3) is 0 Å². The molecule has 0 radical (unpaired) electrons. The number of aliphatic hydroxyl groups is 1. The number of halogens is 2. The van der Waals surface area contributed by atoms with Crippen LogP contribution in [0, 0.1) is 6.92 Å². The zero-order valence-corrected chi connectivity index (χ0v) is 23.1. The quantitative estimate of drug-likeness (QED) is 0.282. The number of thiocarbonyl (C=S) groups is 1. The Bertz CT molecular complexity index is 1250. The third kappa shape index (κ3) is 5.61. The highest BCUT2D eigenvalue weighted by atomic mass is 35.5. The van der Waals surface area contributed by atoms with Crippen LogP contribution in [0.3, 0.4) is 0 Å². The Hall–Kier alpha value is -1.46. The largest absolute Gasteiger partial charge is 0.467 e. The number of hydrogen-bond donors (Lipinski definition) is 1. The summed E-state index contributed by atoms with van der Waals surface area (Å²) in [5.41, 5.74) is 1.39. The maximum absolute atomic E-state index is 10.6. The van der Waals surface area contributed by atoms with E-state index in [1.807, 2.05) is 43.0 Å². The number of ether oxygens (including phenoxy) is 3. The van der Waals surface area contributed by atoms with Gasteiger partial charge in [0.15, 0.2) is 11.9 Å². The van der Waals surface area contributed by atoms with Crippen LogP contribution >= 0.6 is 47.2 Å². The molecule has 0 amide bonds. The van der Waals surface area contributed by atoms with E-state index in [1.165, 1.54) is 18.1 Å². The molecule has 0 saturated carbocycles. The molecule has 1 N–H and O–H groups in total. The van der Waals surface area contributed by atoms with E-state index >= 15 is 0 Å². The molecular weight excluding hydrogens is 529 g/mol. The lowest BCUT2D eigenvalue weighted by Gasteiger charge is -2.38. The Morgan fingerprint density at radius 1 is 1.31 bits per heavy atom. The molecule has 0 spiro atoms. The van der Waals surface area contributed by atoms with E-state index in [9.17, 15) is 5.11 Å². The fourth-order valence-corrected chi connectivity index (χ4v) is 5.14. The zero-order chi connectivity index (χ0) is 25.5. The standard InChI is InChI=1S/C24H27Cl2N3O4S2/c1-13-15-8-9-29(21(15)28-12-27-13)18-11-24(4,33-23(2,3)30)20(31-18)19(32-22(34)35-5)14-6-7-16(25)17(26)10-14/h6-10,12,18-20,30H,11H2,1-5H3. The van der Waals surface area contributed by atoms with E-state index in [4.69, 9.17) is 49.6 Å². The van der Waals surface area contributed by atoms with Gasteiger partial charge in [-0.25, -0.2) is 9.97 Å². The highest BCUT2D eigenvalue weighted by Gasteiger charge is 2.54. The van der Waals surface area contributed by atoms with Crippen molar-refractivity contribution in [2.45, 2.75) is 63.9 Å². The minimum atomic E-state index is -1.43. The van der Waals surface area contributed by atoms with Gasteiger partial charge in [-0.15, -0.1) is 0 Å². The summed E-state index contributed by atoms with van der Waals surface area (Å²) >= 11 is 19.2. The number of thioether (sulfide) groups is 1. The number of aromatic nitrogens is 3. The highest BCUT2D eigenvalue weighted by molar-refractivity contribution is 8.22. The molecule has 1 fully saturated rings. The Balaban J connectivity index is 1.80. The molecule has 4 unspecified atom stereocenters. The first-order chi connectivity index (χ1) is 16.4. The molecule has 3 aromatic rings. The summed E-state index contributed by atoms with van der Waals surface area (Å²) in [7, 11) is 0. The van der Waals surface area contributed by atoms with Gasteiger partial charge in [0, 0.05) is 18.0 Å². The van der Waals surface area contributed by atoms with E-state index in [1.54, 1.807) is 26.0 Å². The van der Waals surface area contributed by atoms with Gasteiger partial charge >= 0.3 is 0 Å². The van der Waals surface area contributed by atoms with Gasteiger partial charge in [0.05, 0.1) is 15.7 Å². The number of nitrogens with zero attached hydrogens (tertiary/aromatic N) is 3. The smallest absolute Gasteiger partial charge is 0.220 e. The molecule has 4 rings (SSSR count). The molecule has 0 aliphatic carbocycles. The average Bonchev–Trinajstić information content (AvgIpc) is 3.34. The van der Waals surface area contributed by atoms with Crippen LogP contribution in [0.1, 0.15) is 50.8 Å². The summed E-state index contributed by atoms with van der Waals surface area (Å²) in [6, 6.07) is 7.23. The Morgan fingerprint density at radius 3 is 2.71 bits per heavy atom. The first-order valence-electron chi connectivity index (χ1n) is 11.0. The van der Waals surface area contributed by atoms with Crippen LogP contribution in [0.15, 0.2) is 36.8 Å². The van der Waals surface area contributed by atoms with Gasteiger partial charge in [-0.3, -0.25) is 0 Å². The van der Waals surface area contributed by atoms with Crippen molar-refractivity contribution in [3.63, 3.8) is 0 Å². The fourth-order valence-electron chi connectivity index (χ4n) is 4.53. The Labute approximate surface area is 224 Å². The van der Waals surface area contributed by atoms with Crippen molar-refractivity contribution in [3.8, 4) is 0 Å². The normalized spacial score (nSPS) is 23.5. The molecule has 1 aliphatic heterocycles. The second kappa shape index (κ2) is 10.1. The summed E-state index contributed by atoms with van der Waals surface area (Å²) in [4.78, 5) is 8.76. The summed E-state index contributed by atoms with van der Waals surface area (Å²) in [6.45, 7) is 7.01.